The van der Waals surface area contributed by atoms with Crippen molar-refractivity contribution in [2.45, 2.75) is 310 Å². The molecule has 0 rings (SSSR count). The minimum Gasteiger partial charge on any atom is -0.328 e. The molecule has 0 aliphatic rings. The summed E-state index contributed by atoms with van der Waals surface area (Å²) in [5.41, 5.74) is 0. The molecule has 0 saturated carbocycles. The average molecular weight is 949 g/mol. The molecular weight excluding hydrogens is 813 g/mol. The Labute approximate surface area is 427 Å². The fourth-order valence-electron chi connectivity index (χ4n) is 11.0. The third-order valence-electron chi connectivity index (χ3n) is 16.1. The normalized spacial score (nSPS) is 12.6. The summed E-state index contributed by atoms with van der Waals surface area (Å²) in [6.07, 6.45) is 64.8. The van der Waals surface area contributed by atoms with Crippen LogP contribution in [-0.4, -0.2) is 120 Å². The van der Waals surface area contributed by atoms with Gasteiger partial charge in [-0.1, -0.05) is 213 Å². The SMILES string of the molecule is CCCCCCCCCCCCC[N+](C)(C)CCCCCCN(CCCCCC[N+](C)(C)CCCCCCCCCCCCC)CCCCCC[N+](C)(C)CCCCCCCCCCCCC. The number of unbranched alkanes of at least 4 members (excludes halogenated alkanes) is 39. The van der Waals surface area contributed by atoms with Gasteiger partial charge in [-0.05, 0) is 116 Å². The predicted molar refractivity (Wildman–Crippen MR) is 307 cm³/mol. The molecule has 0 bridgehead atoms. The summed E-state index contributed by atoms with van der Waals surface area (Å²) in [4.78, 5) is 2.89. The molecule has 404 valence electrons. The van der Waals surface area contributed by atoms with E-state index in [1.807, 2.05) is 0 Å². The van der Waals surface area contributed by atoms with Crippen molar-refractivity contribution in [3.8, 4) is 0 Å². The molecule has 0 amide bonds. The Morgan fingerprint density at radius 3 is 0.478 bits per heavy atom. The van der Waals surface area contributed by atoms with E-state index < -0.39 is 0 Å². The van der Waals surface area contributed by atoms with Gasteiger partial charge in [-0.15, -0.1) is 0 Å². The van der Waals surface area contributed by atoms with Crippen LogP contribution >= 0.6 is 0 Å². The summed E-state index contributed by atoms with van der Waals surface area (Å²) in [6.45, 7) is 19.2. The predicted octanol–water partition coefficient (Wildman–Crippen LogP) is 19.1. The summed E-state index contributed by atoms with van der Waals surface area (Å²) < 4.78 is 3.69. The Kier molecular flexibility index (Phi) is 49.3. The molecule has 0 N–H and O–H groups in total. The molecule has 4 heteroatoms. The third kappa shape index (κ3) is 52.0. The lowest BCUT2D eigenvalue weighted by atomic mass is 10.1. The molecule has 0 heterocycles. The first-order chi connectivity index (χ1) is 32.5. The van der Waals surface area contributed by atoms with E-state index in [0.29, 0.717) is 0 Å². The molecule has 0 unspecified atom stereocenters. The maximum atomic E-state index is 2.89. The van der Waals surface area contributed by atoms with Gasteiger partial charge in [-0.25, -0.2) is 0 Å². The van der Waals surface area contributed by atoms with Gasteiger partial charge in [0.25, 0.3) is 0 Å². The van der Waals surface area contributed by atoms with E-state index >= 15 is 0 Å². The zero-order valence-corrected chi connectivity index (χ0v) is 49.0. The maximum Gasteiger partial charge on any atom is 0.0782 e. The first-order valence-electron chi connectivity index (χ1n) is 31.7. The zero-order chi connectivity index (χ0) is 49.3. The summed E-state index contributed by atoms with van der Waals surface area (Å²) >= 11 is 0. The van der Waals surface area contributed by atoms with E-state index in [0.717, 1.165) is 0 Å². The first kappa shape index (κ1) is 66.8. The number of hydrogen-bond donors (Lipinski definition) is 0. The van der Waals surface area contributed by atoms with E-state index in [-0.39, 0.29) is 0 Å². The first-order valence-corrected chi connectivity index (χ1v) is 31.7. The van der Waals surface area contributed by atoms with E-state index in [2.05, 4.69) is 68.0 Å². The van der Waals surface area contributed by atoms with Gasteiger partial charge in [0.15, 0.2) is 0 Å². The van der Waals surface area contributed by atoms with Crippen molar-refractivity contribution in [2.75, 3.05) is 101 Å². The zero-order valence-electron chi connectivity index (χ0n) is 49.0. The van der Waals surface area contributed by atoms with Crippen molar-refractivity contribution in [1.82, 2.24) is 4.90 Å². The Bertz CT molecular complexity index is 825. The summed E-state index contributed by atoms with van der Waals surface area (Å²) in [7, 11) is 15.0. The van der Waals surface area contributed by atoms with Crippen LogP contribution in [-0.2, 0) is 0 Å². The van der Waals surface area contributed by atoms with Gasteiger partial charge >= 0.3 is 0 Å². The lowest BCUT2D eigenvalue weighted by Crippen LogP contribution is -2.41. The molecule has 0 saturated heterocycles. The lowest BCUT2D eigenvalue weighted by molar-refractivity contribution is -0.890. The van der Waals surface area contributed by atoms with Gasteiger partial charge in [-0.3, -0.25) is 0 Å². The fourth-order valence-corrected chi connectivity index (χ4v) is 11.0. The largest absolute Gasteiger partial charge is 0.328 e. The monoisotopic (exact) mass is 948 g/mol. The maximum absolute atomic E-state index is 2.89. The van der Waals surface area contributed by atoms with Gasteiger partial charge in [0, 0.05) is 0 Å². The molecule has 0 aromatic rings. The number of nitrogens with zero attached hydrogens (tertiary/aromatic N) is 4. The number of rotatable bonds is 57. The molecule has 4 nitrogen and oxygen atoms in total. The third-order valence-corrected chi connectivity index (χ3v) is 16.1. The van der Waals surface area contributed by atoms with Gasteiger partial charge < -0.3 is 18.3 Å². The van der Waals surface area contributed by atoms with Gasteiger partial charge in [-0.2, -0.15) is 0 Å². The van der Waals surface area contributed by atoms with Crippen LogP contribution < -0.4 is 0 Å². The van der Waals surface area contributed by atoms with Crippen LogP contribution in [0.3, 0.4) is 0 Å². The average Bonchev–Trinajstić information content (AvgIpc) is 3.29. The molecule has 0 fully saturated rings. The minimum absolute atomic E-state index is 1.23. The quantitative estimate of drug-likeness (QED) is 0.0434. The highest BCUT2D eigenvalue weighted by Gasteiger charge is 2.16. The Hall–Kier alpha value is -0.160. The van der Waals surface area contributed by atoms with Crippen molar-refractivity contribution in [3.05, 3.63) is 0 Å². The van der Waals surface area contributed by atoms with Crippen LogP contribution in [0, 0.1) is 0 Å². The Morgan fingerprint density at radius 1 is 0.179 bits per heavy atom. The van der Waals surface area contributed by atoms with Crippen molar-refractivity contribution in [3.63, 3.8) is 0 Å². The second-order valence-electron chi connectivity index (χ2n) is 24.8. The van der Waals surface area contributed by atoms with Crippen molar-refractivity contribution in [1.29, 1.82) is 0 Å². The summed E-state index contributed by atoms with van der Waals surface area (Å²) in [5, 5.41) is 0. The van der Waals surface area contributed by atoms with Crippen LogP contribution in [0.15, 0.2) is 0 Å². The summed E-state index contributed by atoms with van der Waals surface area (Å²) in [6, 6.07) is 0. The highest BCUT2D eigenvalue weighted by molar-refractivity contribution is 4.61. The van der Waals surface area contributed by atoms with E-state index in [1.165, 1.54) is 361 Å². The Morgan fingerprint density at radius 2 is 0.313 bits per heavy atom. The number of quaternary nitrogens is 3. The fraction of sp³-hybridized carbons (Fsp3) is 1.00. The second kappa shape index (κ2) is 49.4. The smallest absolute Gasteiger partial charge is 0.0782 e. The highest BCUT2D eigenvalue weighted by Crippen LogP contribution is 2.18. The second-order valence-corrected chi connectivity index (χ2v) is 24.8. The molecule has 0 aliphatic carbocycles. The van der Waals surface area contributed by atoms with Gasteiger partial charge in [0.05, 0.1) is 81.6 Å². The lowest BCUT2D eigenvalue weighted by Gasteiger charge is -2.30. The van der Waals surface area contributed by atoms with E-state index in [1.54, 1.807) is 0 Å². The number of hydrogen-bond acceptors (Lipinski definition) is 1. The molecule has 0 atom stereocenters. The van der Waals surface area contributed by atoms with Gasteiger partial charge in [0.2, 0.25) is 0 Å². The molecule has 0 aliphatic heterocycles. The summed E-state index contributed by atoms with van der Waals surface area (Å²) in [5.74, 6) is 0. The molecular formula is C63H135N4+3. The molecule has 0 radical (unpaired) electrons. The molecule has 0 spiro atoms. The Balaban J connectivity index is 4.45. The topological polar surface area (TPSA) is 3.24 Å². The van der Waals surface area contributed by atoms with Crippen LogP contribution in [0.5, 0.6) is 0 Å². The van der Waals surface area contributed by atoms with Crippen molar-refractivity contribution >= 4 is 0 Å². The highest BCUT2D eigenvalue weighted by atomic mass is 15.3. The van der Waals surface area contributed by atoms with Crippen LogP contribution in [0.2, 0.25) is 0 Å². The molecule has 0 aromatic heterocycles. The molecule has 0 aromatic carbocycles. The van der Waals surface area contributed by atoms with Crippen LogP contribution in [0.25, 0.3) is 0 Å². The minimum atomic E-state index is 1.23. The van der Waals surface area contributed by atoms with Crippen LogP contribution in [0.4, 0.5) is 0 Å². The van der Waals surface area contributed by atoms with Crippen molar-refractivity contribution in [2.24, 2.45) is 0 Å². The van der Waals surface area contributed by atoms with E-state index in [9.17, 15) is 0 Å². The van der Waals surface area contributed by atoms with Crippen LogP contribution in [0.1, 0.15) is 310 Å². The van der Waals surface area contributed by atoms with Gasteiger partial charge in [0.1, 0.15) is 0 Å². The van der Waals surface area contributed by atoms with Crippen molar-refractivity contribution < 1.29 is 13.4 Å². The molecule has 67 heavy (non-hydrogen) atoms. The van der Waals surface area contributed by atoms with E-state index in [4.69, 9.17) is 0 Å². The standard InChI is InChI=1S/C63H135N4/c1-10-13-16-19-22-25-28-31-34-40-49-58-65(4,5)61-52-43-37-46-55-64(56-47-38-44-53-62-66(6,7)59-50-41-35-32-29-26-23-20-17-14-11-2)57-48-39-45-54-63-67(8,9)60-51-42-36-33-30-27-24-21-18-15-12-3/h10-63H2,1-9H3/q+3.